The molecule has 0 unspecified atom stereocenters. The first-order chi connectivity index (χ1) is 13.6. The number of Topliss-reactive ketones (excluding diaryl/α,β-unsaturated/α-hetero) is 1. The van der Waals surface area contributed by atoms with Crippen molar-refractivity contribution in [1.82, 2.24) is 4.90 Å². The highest BCUT2D eigenvalue weighted by Crippen LogP contribution is 2.42. The molecule has 7 heteroatoms. The molecular formula is C21H21NO6. The lowest BCUT2D eigenvalue weighted by molar-refractivity contribution is -0.131. The highest BCUT2D eigenvalue weighted by atomic mass is 16.5. The van der Waals surface area contributed by atoms with Gasteiger partial charge >= 0.3 is 0 Å². The van der Waals surface area contributed by atoms with Crippen molar-refractivity contribution < 1.29 is 28.6 Å². The van der Waals surface area contributed by atoms with Crippen molar-refractivity contribution in [2.45, 2.75) is 25.0 Å². The van der Waals surface area contributed by atoms with Crippen LogP contribution in [0.1, 0.15) is 35.0 Å². The maximum absolute atomic E-state index is 13.1. The van der Waals surface area contributed by atoms with Crippen LogP contribution in [-0.2, 0) is 9.53 Å². The van der Waals surface area contributed by atoms with Gasteiger partial charge in [0.05, 0.1) is 31.1 Å². The molecule has 7 nitrogen and oxygen atoms in total. The first kappa shape index (κ1) is 18.3. The maximum atomic E-state index is 13.1. The van der Waals surface area contributed by atoms with E-state index in [1.165, 1.54) is 24.3 Å². The van der Waals surface area contributed by atoms with Crippen molar-refractivity contribution in [2.75, 3.05) is 20.3 Å². The Morgan fingerprint density at radius 1 is 1.29 bits per heavy atom. The van der Waals surface area contributed by atoms with Gasteiger partial charge < -0.3 is 23.9 Å². The van der Waals surface area contributed by atoms with Gasteiger partial charge in [0.25, 0.3) is 5.91 Å². The van der Waals surface area contributed by atoms with E-state index in [0.29, 0.717) is 17.9 Å². The van der Waals surface area contributed by atoms with Gasteiger partial charge in [-0.3, -0.25) is 9.59 Å². The third kappa shape index (κ3) is 3.07. The Morgan fingerprint density at radius 2 is 2.11 bits per heavy atom. The minimum atomic E-state index is -0.787. The Labute approximate surface area is 162 Å². The molecule has 1 aromatic heterocycles. The Bertz CT molecular complexity index is 911. The number of hydrogen-bond donors (Lipinski definition) is 1. The van der Waals surface area contributed by atoms with Crippen molar-refractivity contribution in [3.05, 3.63) is 65.3 Å². The zero-order valence-corrected chi connectivity index (χ0v) is 15.5. The molecule has 2 aliphatic heterocycles. The monoisotopic (exact) mass is 383 g/mol. The molecule has 1 aromatic carbocycles. The second-order valence-corrected chi connectivity index (χ2v) is 6.81. The summed E-state index contributed by atoms with van der Waals surface area (Å²) in [5.41, 5.74) is 0.609. The van der Waals surface area contributed by atoms with Crippen LogP contribution in [0.4, 0.5) is 0 Å². The third-order valence-electron chi connectivity index (χ3n) is 5.15. The molecule has 1 N–H and O–H groups in total. The maximum Gasteiger partial charge on any atom is 0.290 e. The molecule has 4 rings (SSSR count). The van der Waals surface area contributed by atoms with Gasteiger partial charge in [-0.1, -0.05) is 18.2 Å². The van der Waals surface area contributed by atoms with Crippen LogP contribution < -0.4 is 4.74 Å². The van der Waals surface area contributed by atoms with Gasteiger partial charge in [0.15, 0.2) is 11.5 Å². The zero-order chi connectivity index (χ0) is 19.7. The average Bonchev–Trinajstić information content (AvgIpc) is 3.46. The van der Waals surface area contributed by atoms with Gasteiger partial charge in [0.2, 0.25) is 5.78 Å². The van der Waals surface area contributed by atoms with Crippen molar-refractivity contribution in [2.24, 2.45) is 0 Å². The van der Waals surface area contributed by atoms with Crippen LogP contribution in [0.5, 0.6) is 5.75 Å². The van der Waals surface area contributed by atoms with E-state index in [2.05, 4.69) is 0 Å². The molecule has 146 valence electrons. The molecule has 28 heavy (non-hydrogen) atoms. The van der Waals surface area contributed by atoms with Gasteiger partial charge in [-0.15, -0.1) is 0 Å². The summed E-state index contributed by atoms with van der Waals surface area (Å²) in [5.74, 6) is -1.09. The number of nitrogens with zero attached hydrogens (tertiary/aromatic N) is 1. The summed E-state index contributed by atoms with van der Waals surface area (Å²) in [5, 5.41) is 10.6. The van der Waals surface area contributed by atoms with Crippen LogP contribution in [0.3, 0.4) is 0 Å². The fourth-order valence-electron chi connectivity index (χ4n) is 3.84. The Kier molecular flexibility index (Phi) is 4.92. The highest BCUT2D eigenvalue weighted by Gasteiger charge is 2.46. The van der Waals surface area contributed by atoms with Gasteiger partial charge in [0.1, 0.15) is 5.75 Å². The summed E-state index contributed by atoms with van der Waals surface area (Å²) >= 11 is 0. The standard InChI is InChI=1S/C21H21NO6/c1-26-15-8-3-2-7-14(15)18-17(19(23)16-9-5-11-28-16)20(24)21(25)22(18)12-13-6-4-10-27-13/h2-3,5,7-9,11,13,18,24H,4,6,10,12H2,1H3/t13-,18+/m1/s1. The van der Waals surface area contributed by atoms with E-state index < -0.39 is 23.5 Å². The molecule has 3 heterocycles. The van der Waals surface area contributed by atoms with Crippen LogP contribution >= 0.6 is 0 Å². The topological polar surface area (TPSA) is 89.2 Å². The smallest absolute Gasteiger partial charge is 0.290 e. The number of carbonyl (C=O) groups excluding carboxylic acids is 2. The first-order valence-electron chi connectivity index (χ1n) is 9.18. The summed E-state index contributed by atoms with van der Waals surface area (Å²) in [6, 6.07) is 9.46. The predicted octanol–water partition coefficient (Wildman–Crippen LogP) is 3.05. The summed E-state index contributed by atoms with van der Waals surface area (Å²) in [4.78, 5) is 27.5. The highest BCUT2D eigenvalue weighted by molar-refractivity contribution is 6.15. The fourth-order valence-corrected chi connectivity index (χ4v) is 3.84. The molecule has 2 atom stereocenters. The first-order valence-corrected chi connectivity index (χ1v) is 9.18. The Hall–Kier alpha value is -3.06. The number of ether oxygens (including phenoxy) is 2. The number of ketones is 1. The minimum absolute atomic E-state index is 0.0116. The molecule has 1 saturated heterocycles. The van der Waals surface area contributed by atoms with E-state index in [0.717, 1.165) is 12.8 Å². The molecule has 0 spiro atoms. The number of amides is 1. The summed E-state index contributed by atoms with van der Waals surface area (Å²) < 4.78 is 16.4. The predicted molar refractivity (Wildman–Crippen MR) is 99.1 cm³/mol. The second kappa shape index (κ2) is 7.52. The second-order valence-electron chi connectivity index (χ2n) is 6.81. The fraction of sp³-hybridized carbons (Fsp3) is 0.333. The van der Waals surface area contributed by atoms with Gasteiger partial charge in [0, 0.05) is 18.7 Å². The van der Waals surface area contributed by atoms with Crippen LogP contribution in [0, 0.1) is 0 Å². The number of aliphatic hydroxyl groups is 1. The van der Waals surface area contributed by atoms with Crippen LogP contribution in [0.25, 0.3) is 0 Å². The number of carbonyl (C=O) groups is 2. The third-order valence-corrected chi connectivity index (χ3v) is 5.15. The molecule has 1 fully saturated rings. The molecule has 1 amide bonds. The van der Waals surface area contributed by atoms with Crippen LogP contribution in [0.2, 0.25) is 0 Å². The molecule has 0 aliphatic carbocycles. The normalized spacial score (nSPS) is 22.2. The SMILES string of the molecule is COc1ccccc1[C@H]1C(C(=O)c2ccco2)=C(O)C(=O)N1C[C@H]1CCCO1. The molecular weight excluding hydrogens is 362 g/mol. The molecule has 0 saturated carbocycles. The van der Waals surface area contributed by atoms with E-state index >= 15 is 0 Å². The number of rotatable bonds is 6. The van der Waals surface area contributed by atoms with E-state index in [9.17, 15) is 14.7 Å². The average molecular weight is 383 g/mol. The largest absolute Gasteiger partial charge is 0.503 e. The minimum Gasteiger partial charge on any atom is -0.503 e. The Balaban J connectivity index is 1.80. The lowest BCUT2D eigenvalue weighted by atomic mass is 9.94. The lowest BCUT2D eigenvalue weighted by Gasteiger charge is -2.29. The molecule has 2 aromatic rings. The van der Waals surface area contributed by atoms with E-state index in [-0.39, 0.29) is 24.0 Å². The number of methoxy groups -OCH3 is 1. The molecule has 0 radical (unpaired) electrons. The van der Waals surface area contributed by atoms with Gasteiger partial charge in [-0.2, -0.15) is 0 Å². The lowest BCUT2D eigenvalue weighted by Crippen LogP contribution is -2.37. The van der Waals surface area contributed by atoms with Crippen molar-refractivity contribution >= 4 is 11.7 Å². The van der Waals surface area contributed by atoms with Crippen LogP contribution in [-0.4, -0.2) is 48.1 Å². The van der Waals surface area contributed by atoms with Crippen molar-refractivity contribution in [3.8, 4) is 5.75 Å². The number of hydrogen-bond acceptors (Lipinski definition) is 6. The van der Waals surface area contributed by atoms with Crippen LogP contribution in [0.15, 0.2) is 58.4 Å². The van der Waals surface area contributed by atoms with Gasteiger partial charge in [-0.05, 0) is 31.0 Å². The zero-order valence-electron chi connectivity index (χ0n) is 15.5. The number of benzene rings is 1. The van der Waals surface area contributed by atoms with E-state index in [1.807, 2.05) is 0 Å². The number of furan rings is 1. The van der Waals surface area contributed by atoms with Gasteiger partial charge in [-0.25, -0.2) is 0 Å². The molecule has 2 aliphatic rings. The number of para-hydroxylation sites is 1. The van der Waals surface area contributed by atoms with E-state index in [1.54, 1.807) is 30.3 Å². The van der Waals surface area contributed by atoms with Crippen molar-refractivity contribution in [3.63, 3.8) is 0 Å². The summed E-state index contributed by atoms with van der Waals surface area (Å²) in [6.07, 6.45) is 2.99. The van der Waals surface area contributed by atoms with Crippen molar-refractivity contribution in [1.29, 1.82) is 0 Å². The summed E-state index contributed by atoms with van der Waals surface area (Å²) in [6.45, 7) is 0.921. The molecule has 0 bridgehead atoms. The number of aliphatic hydroxyl groups excluding tert-OH is 1. The van der Waals surface area contributed by atoms with E-state index in [4.69, 9.17) is 13.9 Å². The summed E-state index contributed by atoms with van der Waals surface area (Å²) in [7, 11) is 1.53. The Morgan fingerprint density at radius 3 is 2.79 bits per heavy atom. The quantitative estimate of drug-likeness (QED) is 0.772.